The standard InChI is InChI=1S/C21H26ClN3O2/c1-27-20-8-3-2-5-16(20)9-10-24-21(26)15-25-12-11-23-14-19(25)17-6-4-7-18(22)13-17/h2-8,13,19,23H,9-12,14-15H2,1H3,(H,24,26). The van der Waals surface area contributed by atoms with Crippen molar-refractivity contribution in [2.45, 2.75) is 12.5 Å². The molecular weight excluding hydrogens is 362 g/mol. The fraction of sp³-hybridized carbons (Fsp3) is 0.381. The molecule has 1 unspecified atom stereocenters. The Morgan fingerprint density at radius 3 is 2.96 bits per heavy atom. The van der Waals surface area contributed by atoms with Gasteiger partial charge >= 0.3 is 0 Å². The van der Waals surface area contributed by atoms with E-state index in [1.807, 2.05) is 42.5 Å². The molecule has 1 aliphatic heterocycles. The van der Waals surface area contributed by atoms with Crippen LogP contribution >= 0.6 is 11.6 Å². The van der Waals surface area contributed by atoms with Gasteiger partial charge in [0, 0.05) is 37.2 Å². The fourth-order valence-electron chi connectivity index (χ4n) is 3.46. The summed E-state index contributed by atoms with van der Waals surface area (Å²) in [6, 6.07) is 15.9. The van der Waals surface area contributed by atoms with Crippen LogP contribution in [0.1, 0.15) is 17.2 Å². The summed E-state index contributed by atoms with van der Waals surface area (Å²) >= 11 is 6.14. The Kier molecular flexibility index (Phi) is 7.10. The summed E-state index contributed by atoms with van der Waals surface area (Å²) in [5.74, 6) is 0.897. The molecule has 2 N–H and O–H groups in total. The van der Waals surface area contributed by atoms with Crippen molar-refractivity contribution in [3.63, 3.8) is 0 Å². The van der Waals surface area contributed by atoms with Crippen LogP contribution in [0.5, 0.6) is 5.75 Å². The number of carbonyl (C=O) groups excluding carboxylic acids is 1. The van der Waals surface area contributed by atoms with E-state index in [1.54, 1.807) is 7.11 Å². The van der Waals surface area contributed by atoms with Crippen LogP contribution < -0.4 is 15.4 Å². The summed E-state index contributed by atoms with van der Waals surface area (Å²) in [5, 5.41) is 7.16. The van der Waals surface area contributed by atoms with Gasteiger partial charge in [0.05, 0.1) is 13.7 Å². The third-order valence-electron chi connectivity index (χ3n) is 4.84. The van der Waals surface area contributed by atoms with Crippen LogP contribution in [0.2, 0.25) is 5.02 Å². The Morgan fingerprint density at radius 1 is 1.30 bits per heavy atom. The molecule has 2 aromatic rings. The minimum Gasteiger partial charge on any atom is -0.496 e. The topological polar surface area (TPSA) is 53.6 Å². The highest BCUT2D eigenvalue weighted by Crippen LogP contribution is 2.24. The van der Waals surface area contributed by atoms with Crippen LogP contribution in [-0.2, 0) is 11.2 Å². The monoisotopic (exact) mass is 387 g/mol. The number of amides is 1. The van der Waals surface area contributed by atoms with E-state index in [4.69, 9.17) is 16.3 Å². The number of halogens is 1. The molecule has 1 saturated heterocycles. The number of nitrogens with one attached hydrogen (secondary N) is 2. The highest BCUT2D eigenvalue weighted by Gasteiger charge is 2.25. The van der Waals surface area contributed by atoms with E-state index in [9.17, 15) is 4.79 Å². The first-order chi connectivity index (χ1) is 13.2. The Morgan fingerprint density at radius 2 is 2.15 bits per heavy atom. The summed E-state index contributed by atoms with van der Waals surface area (Å²) in [6.07, 6.45) is 0.745. The summed E-state index contributed by atoms with van der Waals surface area (Å²) < 4.78 is 5.36. The smallest absolute Gasteiger partial charge is 0.234 e. The van der Waals surface area contributed by atoms with E-state index in [0.29, 0.717) is 13.1 Å². The summed E-state index contributed by atoms with van der Waals surface area (Å²) in [6.45, 7) is 3.50. The van der Waals surface area contributed by atoms with Gasteiger partial charge in [-0.25, -0.2) is 0 Å². The third-order valence-corrected chi connectivity index (χ3v) is 5.08. The van der Waals surface area contributed by atoms with Crippen molar-refractivity contribution in [1.29, 1.82) is 0 Å². The minimum absolute atomic E-state index is 0.0406. The largest absolute Gasteiger partial charge is 0.496 e. The quantitative estimate of drug-likeness (QED) is 0.767. The number of nitrogens with zero attached hydrogens (tertiary/aromatic N) is 1. The molecule has 5 nitrogen and oxygen atoms in total. The molecule has 1 atom stereocenters. The number of para-hydroxylation sites is 1. The molecule has 3 rings (SSSR count). The number of rotatable bonds is 7. The number of ether oxygens (including phenoxy) is 1. The maximum atomic E-state index is 12.5. The Bertz CT molecular complexity index is 769. The molecule has 0 spiro atoms. The molecular formula is C21H26ClN3O2. The van der Waals surface area contributed by atoms with Gasteiger partial charge in [-0.1, -0.05) is 41.9 Å². The maximum absolute atomic E-state index is 12.5. The SMILES string of the molecule is COc1ccccc1CCNC(=O)CN1CCNCC1c1cccc(Cl)c1. The Hall–Kier alpha value is -2.08. The lowest BCUT2D eigenvalue weighted by Gasteiger charge is -2.36. The average molecular weight is 388 g/mol. The van der Waals surface area contributed by atoms with E-state index in [-0.39, 0.29) is 11.9 Å². The zero-order valence-electron chi connectivity index (χ0n) is 15.6. The fourth-order valence-corrected chi connectivity index (χ4v) is 3.66. The van der Waals surface area contributed by atoms with E-state index in [2.05, 4.69) is 21.6 Å². The number of hydrogen-bond donors (Lipinski definition) is 2. The van der Waals surface area contributed by atoms with E-state index in [0.717, 1.165) is 48.0 Å². The van der Waals surface area contributed by atoms with Gasteiger partial charge in [-0.2, -0.15) is 0 Å². The number of piperazine rings is 1. The Balaban J connectivity index is 1.54. The van der Waals surface area contributed by atoms with Gasteiger partial charge in [0.25, 0.3) is 0 Å². The predicted molar refractivity (Wildman–Crippen MR) is 108 cm³/mol. The molecule has 1 heterocycles. The third kappa shape index (κ3) is 5.45. The van der Waals surface area contributed by atoms with Gasteiger partial charge in [0.15, 0.2) is 0 Å². The molecule has 0 aromatic heterocycles. The van der Waals surface area contributed by atoms with Crippen LogP contribution in [0.3, 0.4) is 0 Å². The lowest BCUT2D eigenvalue weighted by Crippen LogP contribution is -2.49. The molecule has 6 heteroatoms. The van der Waals surface area contributed by atoms with E-state index >= 15 is 0 Å². The number of carbonyl (C=O) groups is 1. The van der Waals surface area contributed by atoms with Crippen LogP contribution in [0.15, 0.2) is 48.5 Å². The van der Waals surface area contributed by atoms with Gasteiger partial charge in [0.1, 0.15) is 5.75 Å². The van der Waals surface area contributed by atoms with Gasteiger partial charge in [0.2, 0.25) is 5.91 Å². The van der Waals surface area contributed by atoms with Crippen molar-refractivity contribution in [1.82, 2.24) is 15.5 Å². The number of benzene rings is 2. The Labute approximate surface area is 165 Å². The van der Waals surface area contributed by atoms with Crippen LogP contribution in [0.25, 0.3) is 0 Å². The first kappa shape index (κ1) is 19.7. The van der Waals surface area contributed by atoms with Gasteiger partial charge < -0.3 is 15.4 Å². The maximum Gasteiger partial charge on any atom is 0.234 e. The van der Waals surface area contributed by atoms with Crippen molar-refractivity contribution in [3.05, 3.63) is 64.7 Å². The second kappa shape index (κ2) is 9.74. The van der Waals surface area contributed by atoms with Gasteiger partial charge in [-0.15, -0.1) is 0 Å². The lowest BCUT2D eigenvalue weighted by molar-refractivity contribution is -0.123. The summed E-state index contributed by atoms with van der Waals surface area (Å²) in [7, 11) is 1.66. The second-order valence-corrected chi connectivity index (χ2v) is 7.09. The number of hydrogen-bond acceptors (Lipinski definition) is 4. The molecule has 27 heavy (non-hydrogen) atoms. The van der Waals surface area contributed by atoms with Crippen LogP contribution in [0.4, 0.5) is 0 Å². The first-order valence-electron chi connectivity index (χ1n) is 9.26. The van der Waals surface area contributed by atoms with Gasteiger partial charge in [-0.3, -0.25) is 9.69 Å². The molecule has 1 amide bonds. The van der Waals surface area contributed by atoms with Crippen molar-refractivity contribution in [2.24, 2.45) is 0 Å². The number of methoxy groups -OCH3 is 1. The molecule has 1 aliphatic rings. The molecule has 144 valence electrons. The van der Waals surface area contributed by atoms with E-state index in [1.165, 1.54) is 0 Å². The van der Waals surface area contributed by atoms with Crippen molar-refractivity contribution >= 4 is 17.5 Å². The molecule has 0 radical (unpaired) electrons. The lowest BCUT2D eigenvalue weighted by atomic mass is 10.0. The van der Waals surface area contributed by atoms with Crippen LogP contribution in [0, 0.1) is 0 Å². The van der Waals surface area contributed by atoms with Crippen molar-refractivity contribution in [2.75, 3.05) is 39.8 Å². The zero-order valence-corrected chi connectivity index (χ0v) is 16.3. The highest BCUT2D eigenvalue weighted by atomic mass is 35.5. The van der Waals surface area contributed by atoms with Crippen LogP contribution in [-0.4, -0.2) is 50.6 Å². The molecule has 0 aliphatic carbocycles. The highest BCUT2D eigenvalue weighted by molar-refractivity contribution is 6.30. The zero-order chi connectivity index (χ0) is 19.1. The van der Waals surface area contributed by atoms with E-state index < -0.39 is 0 Å². The summed E-state index contributed by atoms with van der Waals surface area (Å²) in [4.78, 5) is 14.7. The van der Waals surface area contributed by atoms with Crippen molar-refractivity contribution in [3.8, 4) is 5.75 Å². The normalized spacial score (nSPS) is 17.5. The average Bonchev–Trinajstić information content (AvgIpc) is 2.69. The molecule has 0 saturated carbocycles. The first-order valence-corrected chi connectivity index (χ1v) is 9.64. The summed E-state index contributed by atoms with van der Waals surface area (Å²) in [5.41, 5.74) is 2.23. The molecule has 1 fully saturated rings. The van der Waals surface area contributed by atoms with Gasteiger partial charge in [-0.05, 0) is 35.7 Å². The predicted octanol–water partition coefficient (Wildman–Crippen LogP) is 2.65. The minimum atomic E-state index is 0.0406. The molecule has 0 bridgehead atoms. The van der Waals surface area contributed by atoms with Crippen molar-refractivity contribution < 1.29 is 9.53 Å². The molecule has 2 aromatic carbocycles. The second-order valence-electron chi connectivity index (χ2n) is 6.66.